The van der Waals surface area contributed by atoms with Crippen LogP contribution in [-0.2, 0) is 4.74 Å². The molecule has 1 saturated heterocycles. The molecule has 21 heavy (non-hydrogen) atoms. The van der Waals surface area contributed by atoms with Gasteiger partial charge in [-0.25, -0.2) is 0 Å². The van der Waals surface area contributed by atoms with E-state index in [1.807, 2.05) is 18.2 Å². The van der Waals surface area contributed by atoms with E-state index >= 15 is 0 Å². The minimum atomic E-state index is 0.135. The van der Waals surface area contributed by atoms with Crippen molar-refractivity contribution in [3.05, 3.63) is 18.2 Å². The van der Waals surface area contributed by atoms with Crippen molar-refractivity contribution in [2.45, 2.75) is 50.2 Å². The van der Waals surface area contributed by atoms with Crippen molar-refractivity contribution in [3.63, 3.8) is 0 Å². The second-order valence-electron chi connectivity index (χ2n) is 6.14. The first-order chi connectivity index (χ1) is 10.2. The van der Waals surface area contributed by atoms with E-state index in [0.29, 0.717) is 6.04 Å². The van der Waals surface area contributed by atoms with Gasteiger partial charge in [-0.05, 0) is 37.8 Å². The highest BCUT2D eigenvalue weighted by Crippen LogP contribution is 2.41. The number of ether oxygens (including phenoxy) is 3. The number of hydrogen-bond donors (Lipinski definition) is 1. The lowest BCUT2D eigenvalue weighted by molar-refractivity contribution is -0.0767. The van der Waals surface area contributed by atoms with Gasteiger partial charge < -0.3 is 19.5 Å². The Bertz CT molecular complexity index is 483. The van der Waals surface area contributed by atoms with Crippen LogP contribution in [0.25, 0.3) is 0 Å². The van der Waals surface area contributed by atoms with Crippen molar-refractivity contribution in [2.75, 3.05) is 26.1 Å². The Kier molecular flexibility index (Phi) is 4.24. The van der Waals surface area contributed by atoms with Crippen molar-refractivity contribution in [1.29, 1.82) is 0 Å². The fourth-order valence-corrected chi connectivity index (χ4v) is 3.66. The summed E-state index contributed by atoms with van der Waals surface area (Å²) in [7, 11) is 3.37. The van der Waals surface area contributed by atoms with Gasteiger partial charge in [0.2, 0.25) is 0 Å². The highest BCUT2D eigenvalue weighted by Gasteiger charge is 2.39. The Hall–Kier alpha value is -1.42. The SMILES string of the molecule is COc1ccc(NC2CCOC3(CCCC3)C2)c(OC)c1. The molecule has 0 amide bonds. The molecule has 1 aromatic carbocycles. The van der Waals surface area contributed by atoms with Gasteiger partial charge in [0.25, 0.3) is 0 Å². The monoisotopic (exact) mass is 291 g/mol. The highest BCUT2D eigenvalue weighted by molar-refractivity contribution is 5.59. The molecule has 2 aliphatic rings. The molecule has 116 valence electrons. The molecule has 1 heterocycles. The maximum Gasteiger partial charge on any atom is 0.145 e. The Morgan fingerprint density at radius 1 is 1.19 bits per heavy atom. The first-order valence-electron chi connectivity index (χ1n) is 7.87. The van der Waals surface area contributed by atoms with Crippen molar-refractivity contribution in [2.24, 2.45) is 0 Å². The van der Waals surface area contributed by atoms with Gasteiger partial charge in [-0.15, -0.1) is 0 Å². The summed E-state index contributed by atoms with van der Waals surface area (Å²) in [6.45, 7) is 0.857. The molecule has 1 aromatic rings. The van der Waals surface area contributed by atoms with Gasteiger partial charge >= 0.3 is 0 Å². The van der Waals surface area contributed by atoms with Crippen LogP contribution in [0.3, 0.4) is 0 Å². The summed E-state index contributed by atoms with van der Waals surface area (Å²) in [5, 5.41) is 3.64. The van der Waals surface area contributed by atoms with Gasteiger partial charge in [0.05, 0.1) is 25.5 Å². The Balaban J connectivity index is 1.71. The summed E-state index contributed by atoms with van der Waals surface area (Å²) in [6, 6.07) is 6.39. The zero-order chi connectivity index (χ0) is 14.7. The fraction of sp³-hybridized carbons (Fsp3) is 0.647. The van der Waals surface area contributed by atoms with Gasteiger partial charge in [0.15, 0.2) is 0 Å². The lowest BCUT2D eigenvalue weighted by atomic mass is 9.89. The van der Waals surface area contributed by atoms with Crippen LogP contribution in [-0.4, -0.2) is 32.5 Å². The zero-order valence-corrected chi connectivity index (χ0v) is 13.0. The average molecular weight is 291 g/mol. The summed E-state index contributed by atoms with van der Waals surface area (Å²) in [5.74, 6) is 1.65. The number of anilines is 1. The van der Waals surface area contributed by atoms with E-state index in [2.05, 4.69) is 5.32 Å². The molecule has 0 bridgehead atoms. The van der Waals surface area contributed by atoms with Gasteiger partial charge in [-0.1, -0.05) is 12.8 Å². The van der Waals surface area contributed by atoms with E-state index in [0.717, 1.165) is 36.6 Å². The molecule has 1 spiro atoms. The molecule has 1 aliphatic heterocycles. The van der Waals surface area contributed by atoms with Gasteiger partial charge in [0, 0.05) is 18.7 Å². The minimum absolute atomic E-state index is 0.135. The molecule has 1 atom stereocenters. The van der Waals surface area contributed by atoms with E-state index in [1.54, 1.807) is 14.2 Å². The molecule has 0 radical (unpaired) electrons. The Labute approximate surface area is 126 Å². The lowest BCUT2D eigenvalue weighted by Gasteiger charge is -2.39. The average Bonchev–Trinajstić information content (AvgIpc) is 2.95. The van der Waals surface area contributed by atoms with Crippen LogP contribution in [0.2, 0.25) is 0 Å². The molecule has 1 saturated carbocycles. The number of benzene rings is 1. The summed E-state index contributed by atoms with van der Waals surface area (Å²) < 4.78 is 16.8. The topological polar surface area (TPSA) is 39.7 Å². The van der Waals surface area contributed by atoms with Crippen LogP contribution >= 0.6 is 0 Å². The molecule has 1 N–H and O–H groups in total. The summed E-state index contributed by atoms with van der Waals surface area (Å²) in [5.41, 5.74) is 1.17. The standard InChI is InChI=1S/C17H25NO3/c1-19-14-5-6-15(16(11-14)20-2)18-13-7-10-21-17(12-13)8-3-4-9-17/h5-6,11,13,18H,3-4,7-10,12H2,1-2H3. The molecule has 4 nitrogen and oxygen atoms in total. The molecule has 1 aliphatic carbocycles. The van der Waals surface area contributed by atoms with E-state index < -0.39 is 0 Å². The summed E-state index contributed by atoms with van der Waals surface area (Å²) in [4.78, 5) is 0. The van der Waals surface area contributed by atoms with E-state index in [-0.39, 0.29) is 5.60 Å². The molecule has 0 aromatic heterocycles. The van der Waals surface area contributed by atoms with Crippen molar-refractivity contribution < 1.29 is 14.2 Å². The number of nitrogens with one attached hydrogen (secondary N) is 1. The zero-order valence-electron chi connectivity index (χ0n) is 13.0. The number of methoxy groups -OCH3 is 2. The summed E-state index contributed by atoms with van der Waals surface area (Å²) >= 11 is 0. The van der Waals surface area contributed by atoms with Crippen LogP contribution in [0.1, 0.15) is 38.5 Å². The molecular formula is C17H25NO3. The van der Waals surface area contributed by atoms with Gasteiger partial charge in [-0.2, -0.15) is 0 Å². The van der Waals surface area contributed by atoms with E-state index in [4.69, 9.17) is 14.2 Å². The molecule has 1 unspecified atom stereocenters. The van der Waals surface area contributed by atoms with Crippen LogP contribution in [0, 0.1) is 0 Å². The third kappa shape index (κ3) is 3.10. The number of rotatable bonds is 4. The maximum atomic E-state index is 6.10. The van der Waals surface area contributed by atoms with E-state index in [1.165, 1.54) is 25.7 Å². The van der Waals surface area contributed by atoms with Crippen LogP contribution in [0.5, 0.6) is 11.5 Å². The molecule has 3 rings (SSSR count). The molecule has 2 fully saturated rings. The first-order valence-corrected chi connectivity index (χ1v) is 7.87. The quantitative estimate of drug-likeness (QED) is 0.920. The number of hydrogen-bond acceptors (Lipinski definition) is 4. The van der Waals surface area contributed by atoms with Crippen LogP contribution in [0.4, 0.5) is 5.69 Å². The fourth-order valence-electron chi connectivity index (χ4n) is 3.66. The maximum absolute atomic E-state index is 6.10. The molecule has 4 heteroatoms. The predicted octanol–water partition coefficient (Wildman–Crippen LogP) is 3.61. The first kappa shape index (κ1) is 14.5. The van der Waals surface area contributed by atoms with Crippen LogP contribution < -0.4 is 14.8 Å². The minimum Gasteiger partial charge on any atom is -0.497 e. The predicted molar refractivity (Wildman–Crippen MR) is 83.3 cm³/mol. The highest BCUT2D eigenvalue weighted by atomic mass is 16.5. The van der Waals surface area contributed by atoms with Crippen LogP contribution in [0.15, 0.2) is 18.2 Å². The van der Waals surface area contributed by atoms with Gasteiger partial charge in [-0.3, -0.25) is 0 Å². The second-order valence-corrected chi connectivity index (χ2v) is 6.14. The smallest absolute Gasteiger partial charge is 0.145 e. The van der Waals surface area contributed by atoms with E-state index in [9.17, 15) is 0 Å². The van der Waals surface area contributed by atoms with Crippen molar-refractivity contribution in [3.8, 4) is 11.5 Å². The Morgan fingerprint density at radius 2 is 2.00 bits per heavy atom. The van der Waals surface area contributed by atoms with Crippen molar-refractivity contribution in [1.82, 2.24) is 0 Å². The largest absolute Gasteiger partial charge is 0.497 e. The third-order valence-corrected chi connectivity index (χ3v) is 4.78. The van der Waals surface area contributed by atoms with Gasteiger partial charge in [0.1, 0.15) is 11.5 Å². The second kappa shape index (κ2) is 6.14. The lowest BCUT2D eigenvalue weighted by Crippen LogP contribution is -2.42. The third-order valence-electron chi connectivity index (χ3n) is 4.78. The molecular weight excluding hydrogens is 266 g/mol. The normalized spacial score (nSPS) is 24.0. The summed E-state index contributed by atoms with van der Waals surface area (Å²) in [6.07, 6.45) is 7.19. The van der Waals surface area contributed by atoms with Crippen molar-refractivity contribution >= 4 is 5.69 Å². The Morgan fingerprint density at radius 3 is 2.71 bits per heavy atom.